The molecule has 1 N–H and O–H groups in total. The van der Waals surface area contributed by atoms with E-state index in [1.54, 1.807) is 5.56 Å². The lowest BCUT2D eigenvalue weighted by Gasteiger charge is -2.23. The molecule has 1 heterocycles. The van der Waals surface area contributed by atoms with Crippen molar-refractivity contribution in [3.63, 3.8) is 0 Å². The van der Waals surface area contributed by atoms with Crippen molar-refractivity contribution >= 4 is 0 Å². The molecule has 1 aliphatic heterocycles. The van der Waals surface area contributed by atoms with Gasteiger partial charge in [-0.1, -0.05) is 38.1 Å². The van der Waals surface area contributed by atoms with E-state index in [2.05, 4.69) is 43.4 Å². The van der Waals surface area contributed by atoms with Crippen molar-refractivity contribution < 1.29 is 4.74 Å². The van der Waals surface area contributed by atoms with Crippen molar-refractivity contribution in [1.82, 2.24) is 5.32 Å². The van der Waals surface area contributed by atoms with Crippen LogP contribution in [0.2, 0.25) is 0 Å². The Hall–Kier alpha value is -0.860. The Labute approximate surface area is 116 Å². The minimum atomic E-state index is 0.308. The molecule has 1 aromatic carbocycles. The molecule has 0 radical (unpaired) electrons. The minimum absolute atomic E-state index is 0.308. The van der Waals surface area contributed by atoms with Gasteiger partial charge in [-0.2, -0.15) is 0 Å². The third-order valence-corrected chi connectivity index (χ3v) is 4.32. The molecule has 0 aromatic heterocycles. The van der Waals surface area contributed by atoms with E-state index in [-0.39, 0.29) is 0 Å². The third-order valence-electron chi connectivity index (χ3n) is 4.32. The summed E-state index contributed by atoms with van der Waals surface area (Å²) in [4.78, 5) is 0. The Balaban J connectivity index is 1.76. The summed E-state index contributed by atoms with van der Waals surface area (Å²) in [7, 11) is 0. The third kappa shape index (κ3) is 3.01. The molecule has 2 fully saturated rings. The van der Waals surface area contributed by atoms with Gasteiger partial charge in [0.1, 0.15) is 0 Å². The summed E-state index contributed by atoms with van der Waals surface area (Å²) >= 11 is 0. The fourth-order valence-corrected chi connectivity index (χ4v) is 3.11. The summed E-state index contributed by atoms with van der Waals surface area (Å²) < 4.78 is 6.06. The molecule has 104 valence electrons. The predicted octanol–water partition coefficient (Wildman–Crippen LogP) is 3.64. The van der Waals surface area contributed by atoms with E-state index < -0.39 is 0 Å². The molecule has 2 atom stereocenters. The van der Waals surface area contributed by atoms with Gasteiger partial charge in [-0.25, -0.2) is 0 Å². The van der Waals surface area contributed by atoms with Crippen LogP contribution in [0.4, 0.5) is 0 Å². The average molecular weight is 259 g/mol. The highest BCUT2D eigenvalue weighted by molar-refractivity contribution is 5.35. The van der Waals surface area contributed by atoms with E-state index in [4.69, 9.17) is 4.74 Å². The largest absolute Gasteiger partial charge is 0.373 e. The van der Waals surface area contributed by atoms with Crippen LogP contribution in [0.15, 0.2) is 24.3 Å². The summed E-state index contributed by atoms with van der Waals surface area (Å²) in [5.41, 5.74) is 3.00. The van der Waals surface area contributed by atoms with E-state index >= 15 is 0 Å². The molecular formula is C17H25NO. The van der Waals surface area contributed by atoms with Crippen molar-refractivity contribution in [3.8, 4) is 0 Å². The van der Waals surface area contributed by atoms with Crippen LogP contribution in [-0.2, 0) is 4.74 Å². The van der Waals surface area contributed by atoms with E-state index in [9.17, 15) is 0 Å². The van der Waals surface area contributed by atoms with Crippen LogP contribution in [-0.4, -0.2) is 19.2 Å². The predicted molar refractivity (Wildman–Crippen MR) is 78.4 cm³/mol. The highest BCUT2D eigenvalue weighted by Gasteiger charge is 2.34. The molecule has 1 aliphatic carbocycles. The SMILES string of the molecule is CC(C)NCC1CCOC1c1ccccc1C1CC1. The molecule has 2 unspecified atom stereocenters. The van der Waals surface area contributed by atoms with Crippen molar-refractivity contribution in [1.29, 1.82) is 0 Å². The van der Waals surface area contributed by atoms with E-state index in [1.165, 1.54) is 24.8 Å². The van der Waals surface area contributed by atoms with Crippen molar-refractivity contribution in [3.05, 3.63) is 35.4 Å². The van der Waals surface area contributed by atoms with Gasteiger partial charge in [-0.05, 0) is 36.3 Å². The summed E-state index contributed by atoms with van der Waals surface area (Å²) in [6.07, 6.45) is 4.21. The highest BCUT2D eigenvalue weighted by atomic mass is 16.5. The van der Waals surface area contributed by atoms with Gasteiger partial charge in [-0.3, -0.25) is 0 Å². The lowest BCUT2D eigenvalue weighted by atomic mass is 9.90. The Morgan fingerprint density at radius 1 is 1.16 bits per heavy atom. The van der Waals surface area contributed by atoms with Gasteiger partial charge in [0.15, 0.2) is 0 Å². The minimum Gasteiger partial charge on any atom is -0.373 e. The fraction of sp³-hybridized carbons (Fsp3) is 0.647. The quantitative estimate of drug-likeness (QED) is 0.871. The summed E-state index contributed by atoms with van der Waals surface area (Å²) in [5.74, 6) is 1.43. The molecule has 1 aromatic rings. The summed E-state index contributed by atoms with van der Waals surface area (Å²) in [6.45, 7) is 6.40. The molecule has 0 bridgehead atoms. The number of nitrogens with one attached hydrogen (secondary N) is 1. The van der Waals surface area contributed by atoms with Crippen LogP contribution in [0.3, 0.4) is 0 Å². The van der Waals surface area contributed by atoms with Gasteiger partial charge in [0, 0.05) is 25.1 Å². The molecule has 0 spiro atoms. The van der Waals surface area contributed by atoms with Gasteiger partial charge in [0.2, 0.25) is 0 Å². The molecule has 2 aliphatic rings. The molecule has 2 nitrogen and oxygen atoms in total. The first-order valence-electron chi connectivity index (χ1n) is 7.69. The number of hydrogen-bond acceptors (Lipinski definition) is 2. The molecular weight excluding hydrogens is 234 g/mol. The highest BCUT2D eigenvalue weighted by Crippen LogP contribution is 2.46. The zero-order chi connectivity index (χ0) is 13.2. The zero-order valence-electron chi connectivity index (χ0n) is 12.1. The van der Waals surface area contributed by atoms with Crippen molar-refractivity contribution in [2.75, 3.05) is 13.2 Å². The maximum atomic E-state index is 6.06. The Kier molecular flexibility index (Phi) is 3.90. The second-order valence-electron chi connectivity index (χ2n) is 6.31. The second kappa shape index (κ2) is 5.64. The van der Waals surface area contributed by atoms with Crippen LogP contribution >= 0.6 is 0 Å². The Bertz CT molecular complexity index is 425. The van der Waals surface area contributed by atoms with Crippen LogP contribution in [0.5, 0.6) is 0 Å². The molecule has 2 heteroatoms. The van der Waals surface area contributed by atoms with Crippen LogP contribution in [0.1, 0.15) is 56.3 Å². The van der Waals surface area contributed by atoms with Crippen LogP contribution < -0.4 is 5.32 Å². The molecule has 1 saturated carbocycles. The zero-order valence-corrected chi connectivity index (χ0v) is 12.1. The van der Waals surface area contributed by atoms with Gasteiger partial charge in [0.05, 0.1) is 6.10 Å². The van der Waals surface area contributed by atoms with Crippen LogP contribution in [0, 0.1) is 5.92 Å². The van der Waals surface area contributed by atoms with E-state index in [0.29, 0.717) is 18.1 Å². The summed E-state index contributed by atoms with van der Waals surface area (Å²) in [6, 6.07) is 9.48. The molecule has 0 amide bonds. The lowest BCUT2D eigenvalue weighted by molar-refractivity contribution is 0.0893. The Morgan fingerprint density at radius 3 is 2.58 bits per heavy atom. The van der Waals surface area contributed by atoms with Crippen LogP contribution in [0.25, 0.3) is 0 Å². The number of rotatable bonds is 5. The maximum absolute atomic E-state index is 6.06. The lowest BCUT2D eigenvalue weighted by Crippen LogP contribution is -2.30. The van der Waals surface area contributed by atoms with E-state index in [1.807, 2.05) is 0 Å². The number of hydrogen-bond donors (Lipinski definition) is 1. The monoisotopic (exact) mass is 259 g/mol. The molecule has 3 rings (SSSR count). The first-order chi connectivity index (χ1) is 9.25. The molecule has 19 heavy (non-hydrogen) atoms. The van der Waals surface area contributed by atoms with Gasteiger partial charge >= 0.3 is 0 Å². The smallest absolute Gasteiger partial charge is 0.0868 e. The van der Waals surface area contributed by atoms with Gasteiger partial charge < -0.3 is 10.1 Å². The number of ether oxygens (including phenoxy) is 1. The maximum Gasteiger partial charge on any atom is 0.0868 e. The molecule has 1 saturated heterocycles. The van der Waals surface area contributed by atoms with Crippen molar-refractivity contribution in [2.45, 2.75) is 51.2 Å². The second-order valence-corrected chi connectivity index (χ2v) is 6.31. The number of benzene rings is 1. The van der Waals surface area contributed by atoms with Gasteiger partial charge in [-0.15, -0.1) is 0 Å². The Morgan fingerprint density at radius 2 is 1.89 bits per heavy atom. The normalized spacial score (nSPS) is 27.1. The average Bonchev–Trinajstić information content (AvgIpc) is 3.15. The summed E-state index contributed by atoms with van der Waals surface area (Å²) in [5, 5.41) is 3.57. The fourth-order valence-electron chi connectivity index (χ4n) is 3.11. The first-order valence-corrected chi connectivity index (χ1v) is 7.69. The van der Waals surface area contributed by atoms with E-state index in [0.717, 1.165) is 19.1 Å². The van der Waals surface area contributed by atoms with Gasteiger partial charge in [0.25, 0.3) is 0 Å². The van der Waals surface area contributed by atoms with Crippen molar-refractivity contribution in [2.24, 2.45) is 5.92 Å². The topological polar surface area (TPSA) is 21.3 Å². The first kappa shape index (κ1) is 13.1. The standard InChI is InChI=1S/C17H25NO/c1-12(2)18-11-14-9-10-19-17(14)16-6-4-3-5-15(16)13-7-8-13/h3-6,12-14,17-18H,7-11H2,1-2H3.